The molecule has 2 rings (SSSR count). The second kappa shape index (κ2) is 4.56. The first kappa shape index (κ1) is 9.66. The summed E-state index contributed by atoms with van der Waals surface area (Å²) in [6, 6.07) is 6.19. The van der Waals surface area contributed by atoms with Gasteiger partial charge in [-0.05, 0) is 56.8 Å². The van der Waals surface area contributed by atoms with Crippen LogP contribution in [0.5, 0.6) is 0 Å². The third kappa shape index (κ3) is 2.13. The Kier molecular flexibility index (Phi) is 3.14. The van der Waals surface area contributed by atoms with Crippen LogP contribution in [0.1, 0.15) is 18.5 Å². The van der Waals surface area contributed by atoms with Crippen LogP contribution in [-0.2, 0) is 6.42 Å². The highest BCUT2D eigenvalue weighted by atomic mass is 14.8. The van der Waals surface area contributed by atoms with Crippen molar-refractivity contribution in [3.63, 3.8) is 0 Å². The molecule has 0 aliphatic heterocycles. The normalized spacial score (nSPS) is 25.8. The van der Waals surface area contributed by atoms with Gasteiger partial charge < -0.3 is 5.32 Å². The summed E-state index contributed by atoms with van der Waals surface area (Å²) in [6.45, 7) is 1.16. The first-order valence-corrected chi connectivity index (χ1v) is 5.44. The van der Waals surface area contributed by atoms with E-state index in [1.54, 1.807) is 0 Å². The molecule has 0 aromatic carbocycles. The first-order chi connectivity index (χ1) is 6.90. The molecule has 2 nitrogen and oxygen atoms in total. The Morgan fingerprint density at radius 1 is 1.36 bits per heavy atom. The predicted molar refractivity (Wildman–Crippen MR) is 58.1 cm³/mol. The minimum absolute atomic E-state index is 0.859. The van der Waals surface area contributed by atoms with Crippen LogP contribution in [-0.4, -0.2) is 18.6 Å². The zero-order valence-corrected chi connectivity index (χ0v) is 8.74. The van der Waals surface area contributed by atoms with Crippen LogP contribution in [0, 0.1) is 11.8 Å². The zero-order chi connectivity index (χ0) is 9.80. The number of hydrogen-bond donors (Lipinski definition) is 1. The van der Waals surface area contributed by atoms with Crippen molar-refractivity contribution in [1.82, 2.24) is 10.3 Å². The lowest BCUT2D eigenvalue weighted by Crippen LogP contribution is -2.35. The molecule has 1 aliphatic rings. The fourth-order valence-electron chi connectivity index (χ4n) is 2.23. The minimum atomic E-state index is 0.859. The summed E-state index contributed by atoms with van der Waals surface area (Å²) in [5.41, 5.74) is 1.25. The van der Waals surface area contributed by atoms with E-state index in [4.69, 9.17) is 0 Å². The minimum Gasteiger partial charge on any atom is -0.319 e. The molecular weight excluding hydrogens is 172 g/mol. The monoisotopic (exact) mass is 190 g/mol. The summed E-state index contributed by atoms with van der Waals surface area (Å²) in [5, 5.41) is 3.26. The van der Waals surface area contributed by atoms with Crippen LogP contribution in [0.3, 0.4) is 0 Å². The van der Waals surface area contributed by atoms with Crippen molar-refractivity contribution in [2.45, 2.75) is 19.3 Å². The molecule has 0 amide bonds. The van der Waals surface area contributed by atoms with E-state index in [2.05, 4.69) is 22.4 Å². The second-order valence-electron chi connectivity index (χ2n) is 4.18. The molecule has 1 N–H and O–H groups in total. The third-order valence-corrected chi connectivity index (χ3v) is 3.24. The Hall–Kier alpha value is -0.890. The van der Waals surface area contributed by atoms with Crippen molar-refractivity contribution in [2.24, 2.45) is 11.8 Å². The Bertz CT molecular complexity index is 271. The van der Waals surface area contributed by atoms with Gasteiger partial charge in [0.15, 0.2) is 0 Å². The van der Waals surface area contributed by atoms with Gasteiger partial charge in [0.1, 0.15) is 0 Å². The highest BCUT2D eigenvalue weighted by Crippen LogP contribution is 2.35. The van der Waals surface area contributed by atoms with Crippen LogP contribution in [0.4, 0.5) is 0 Å². The summed E-state index contributed by atoms with van der Waals surface area (Å²) >= 11 is 0. The van der Waals surface area contributed by atoms with Gasteiger partial charge in [0.2, 0.25) is 0 Å². The topological polar surface area (TPSA) is 24.9 Å². The Balaban J connectivity index is 1.86. The number of rotatable bonds is 4. The quantitative estimate of drug-likeness (QED) is 0.784. The summed E-state index contributed by atoms with van der Waals surface area (Å²) < 4.78 is 0. The van der Waals surface area contributed by atoms with E-state index < -0.39 is 0 Å². The van der Waals surface area contributed by atoms with Gasteiger partial charge >= 0.3 is 0 Å². The maximum absolute atomic E-state index is 4.37. The molecule has 1 aromatic rings. The Morgan fingerprint density at radius 3 is 2.79 bits per heavy atom. The zero-order valence-electron chi connectivity index (χ0n) is 8.74. The molecule has 1 fully saturated rings. The number of nitrogens with zero attached hydrogens (tertiary/aromatic N) is 1. The van der Waals surface area contributed by atoms with Crippen LogP contribution in [0.25, 0.3) is 0 Å². The summed E-state index contributed by atoms with van der Waals surface area (Å²) in [6.07, 6.45) is 5.82. The molecular formula is C12H18N2. The van der Waals surface area contributed by atoms with Gasteiger partial charge in [0.25, 0.3) is 0 Å². The van der Waals surface area contributed by atoms with E-state index in [1.807, 2.05) is 19.3 Å². The average Bonchev–Trinajstić information content (AvgIpc) is 2.23. The summed E-state index contributed by atoms with van der Waals surface area (Å²) in [5.74, 6) is 1.74. The van der Waals surface area contributed by atoms with Gasteiger partial charge in [-0.3, -0.25) is 4.98 Å². The fourth-order valence-corrected chi connectivity index (χ4v) is 2.23. The van der Waals surface area contributed by atoms with Crippen molar-refractivity contribution in [1.29, 1.82) is 0 Å². The van der Waals surface area contributed by atoms with E-state index in [-0.39, 0.29) is 0 Å². The van der Waals surface area contributed by atoms with E-state index in [0.717, 1.165) is 24.8 Å². The van der Waals surface area contributed by atoms with E-state index in [9.17, 15) is 0 Å². The maximum atomic E-state index is 4.37. The van der Waals surface area contributed by atoms with Crippen LogP contribution < -0.4 is 5.32 Å². The first-order valence-electron chi connectivity index (χ1n) is 5.44. The molecule has 1 saturated carbocycles. The predicted octanol–water partition coefficient (Wildman–Crippen LogP) is 1.87. The standard InChI is InChI=1S/C12H18N2/c1-13-9-11-6-5-10(11)8-12-4-2-3-7-14-12/h2-4,7,10-11,13H,5-6,8-9H2,1H3. The molecule has 14 heavy (non-hydrogen) atoms. The number of nitrogens with one attached hydrogen (secondary N) is 1. The van der Waals surface area contributed by atoms with Gasteiger partial charge in [-0.15, -0.1) is 0 Å². The van der Waals surface area contributed by atoms with E-state index >= 15 is 0 Å². The molecule has 0 saturated heterocycles. The van der Waals surface area contributed by atoms with Crippen molar-refractivity contribution < 1.29 is 0 Å². The molecule has 76 valence electrons. The average molecular weight is 190 g/mol. The molecule has 1 aromatic heterocycles. The Morgan fingerprint density at radius 2 is 2.21 bits per heavy atom. The van der Waals surface area contributed by atoms with Crippen LogP contribution >= 0.6 is 0 Å². The lowest BCUT2D eigenvalue weighted by molar-refractivity contribution is 0.172. The van der Waals surface area contributed by atoms with Crippen LogP contribution in [0.15, 0.2) is 24.4 Å². The summed E-state index contributed by atoms with van der Waals surface area (Å²) in [7, 11) is 2.04. The molecule has 1 aliphatic carbocycles. The van der Waals surface area contributed by atoms with Gasteiger partial charge in [0.05, 0.1) is 0 Å². The van der Waals surface area contributed by atoms with E-state index in [1.165, 1.54) is 18.5 Å². The third-order valence-electron chi connectivity index (χ3n) is 3.24. The highest BCUT2D eigenvalue weighted by Gasteiger charge is 2.30. The van der Waals surface area contributed by atoms with Crippen molar-refractivity contribution >= 4 is 0 Å². The molecule has 0 bridgehead atoms. The van der Waals surface area contributed by atoms with Gasteiger partial charge in [-0.1, -0.05) is 6.07 Å². The van der Waals surface area contributed by atoms with Gasteiger partial charge in [-0.2, -0.15) is 0 Å². The molecule has 2 unspecified atom stereocenters. The lowest BCUT2D eigenvalue weighted by atomic mass is 9.71. The molecule has 2 heteroatoms. The smallest absolute Gasteiger partial charge is 0.0406 e. The second-order valence-corrected chi connectivity index (χ2v) is 4.18. The van der Waals surface area contributed by atoms with E-state index in [0.29, 0.717) is 0 Å². The number of hydrogen-bond acceptors (Lipinski definition) is 2. The van der Waals surface area contributed by atoms with Gasteiger partial charge in [-0.25, -0.2) is 0 Å². The molecule has 0 spiro atoms. The van der Waals surface area contributed by atoms with Crippen molar-refractivity contribution in [2.75, 3.05) is 13.6 Å². The number of pyridine rings is 1. The maximum Gasteiger partial charge on any atom is 0.0406 e. The largest absolute Gasteiger partial charge is 0.319 e. The molecule has 1 heterocycles. The van der Waals surface area contributed by atoms with Crippen molar-refractivity contribution in [3.8, 4) is 0 Å². The Labute approximate surface area is 85.7 Å². The fraction of sp³-hybridized carbons (Fsp3) is 0.583. The summed E-state index contributed by atoms with van der Waals surface area (Å²) in [4.78, 5) is 4.37. The van der Waals surface area contributed by atoms with Crippen molar-refractivity contribution in [3.05, 3.63) is 30.1 Å². The SMILES string of the molecule is CNCC1CCC1Cc1ccccn1. The molecule has 2 atom stereocenters. The van der Waals surface area contributed by atoms with Gasteiger partial charge in [0, 0.05) is 11.9 Å². The van der Waals surface area contributed by atoms with Crippen LogP contribution in [0.2, 0.25) is 0 Å². The number of aromatic nitrogens is 1. The molecule has 0 radical (unpaired) electrons. The highest BCUT2D eigenvalue weighted by molar-refractivity contribution is 5.05. The lowest BCUT2D eigenvalue weighted by Gasteiger charge is -2.36.